The molecule has 118 valence electrons. The van der Waals surface area contributed by atoms with Gasteiger partial charge >= 0.3 is 0 Å². The molecule has 2 unspecified atom stereocenters. The van der Waals surface area contributed by atoms with Crippen LogP contribution in [-0.4, -0.2) is 12.5 Å². The minimum Gasteiger partial charge on any atom is -0.233 e. The molecule has 0 spiro atoms. The van der Waals surface area contributed by atoms with Crippen molar-refractivity contribution in [2.24, 2.45) is 0 Å². The normalized spacial score (nSPS) is 19.7. The molecule has 22 heavy (non-hydrogen) atoms. The van der Waals surface area contributed by atoms with Gasteiger partial charge in [-0.2, -0.15) is 0 Å². The lowest BCUT2D eigenvalue weighted by Crippen LogP contribution is -2.14. The van der Waals surface area contributed by atoms with Gasteiger partial charge in [-0.05, 0) is 54.0 Å². The van der Waals surface area contributed by atoms with E-state index in [-0.39, 0.29) is 0 Å². The number of hydrogen-bond donors (Lipinski definition) is 0. The van der Waals surface area contributed by atoms with Crippen LogP contribution >= 0.6 is 10.0 Å². The fourth-order valence-electron chi connectivity index (χ4n) is 3.98. The Kier molecular flexibility index (Phi) is 4.36. The van der Waals surface area contributed by atoms with E-state index in [1.54, 1.807) is 16.7 Å². The van der Waals surface area contributed by atoms with Crippen molar-refractivity contribution in [2.45, 2.75) is 43.6 Å². The highest BCUT2D eigenvalue weighted by Gasteiger charge is 2.36. The Labute approximate surface area is 137 Å². The van der Waals surface area contributed by atoms with Crippen LogP contribution in [0, 0.1) is 0 Å². The molecule has 0 saturated heterocycles. The van der Waals surface area contributed by atoms with Gasteiger partial charge in [-0.3, -0.25) is 0 Å². The van der Waals surface area contributed by atoms with Crippen molar-refractivity contribution in [1.82, 2.24) is 0 Å². The second-order valence-corrected chi connectivity index (χ2v) is 11.2. The van der Waals surface area contributed by atoms with Gasteiger partial charge in [0.25, 0.3) is 0 Å². The lowest BCUT2D eigenvalue weighted by Gasteiger charge is -2.45. The number of aryl methyl sites for hydroxylation is 2. The smallest absolute Gasteiger partial charge is 0.0146 e. The SMILES string of the molecule is CCc1ccccc1C(C)S(C)(C)C1CCc2ccccc21. The van der Waals surface area contributed by atoms with Crippen molar-refractivity contribution < 1.29 is 0 Å². The minimum absolute atomic E-state index is 0.653. The summed E-state index contributed by atoms with van der Waals surface area (Å²) in [4.78, 5) is 0. The molecule has 2 aromatic rings. The van der Waals surface area contributed by atoms with Gasteiger partial charge < -0.3 is 0 Å². The Morgan fingerprint density at radius 1 is 1.05 bits per heavy atom. The highest BCUT2D eigenvalue weighted by atomic mass is 32.3. The Morgan fingerprint density at radius 3 is 2.50 bits per heavy atom. The standard InChI is InChI=1S/C21H28S/c1-5-17-10-6-8-12-19(17)16(2)22(3,4)21-15-14-18-11-7-9-13-20(18)21/h6-13,16,21H,5,14-15H2,1-4H3. The van der Waals surface area contributed by atoms with E-state index in [2.05, 4.69) is 74.9 Å². The summed E-state index contributed by atoms with van der Waals surface area (Å²) in [6.45, 7) is 4.74. The van der Waals surface area contributed by atoms with Crippen molar-refractivity contribution in [3.05, 3.63) is 70.8 Å². The van der Waals surface area contributed by atoms with Crippen molar-refractivity contribution in [1.29, 1.82) is 0 Å². The summed E-state index contributed by atoms with van der Waals surface area (Å²) < 4.78 is 0. The number of rotatable bonds is 4. The van der Waals surface area contributed by atoms with E-state index in [1.807, 2.05) is 0 Å². The third-order valence-electron chi connectivity index (χ3n) is 5.60. The van der Waals surface area contributed by atoms with Crippen molar-refractivity contribution in [2.75, 3.05) is 12.5 Å². The first-order chi connectivity index (χ1) is 10.6. The topological polar surface area (TPSA) is 0 Å². The first kappa shape index (κ1) is 15.7. The van der Waals surface area contributed by atoms with E-state index in [4.69, 9.17) is 0 Å². The maximum atomic E-state index is 2.55. The van der Waals surface area contributed by atoms with E-state index in [0.29, 0.717) is 5.25 Å². The van der Waals surface area contributed by atoms with Crippen LogP contribution in [0.1, 0.15) is 53.0 Å². The molecular formula is C21H28S. The first-order valence-corrected chi connectivity index (χ1v) is 11.0. The summed E-state index contributed by atoms with van der Waals surface area (Å²) >= 11 is 0. The third-order valence-corrected chi connectivity index (χ3v) is 9.63. The van der Waals surface area contributed by atoms with E-state index >= 15 is 0 Å². The Bertz CT molecular complexity index is 656. The largest absolute Gasteiger partial charge is 0.233 e. The predicted molar refractivity (Wildman–Crippen MR) is 101 cm³/mol. The molecule has 0 aliphatic heterocycles. The average Bonchev–Trinajstić information content (AvgIpc) is 2.98. The van der Waals surface area contributed by atoms with Gasteiger partial charge in [0, 0.05) is 10.5 Å². The molecule has 0 heterocycles. The molecule has 0 fully saturated rings. The molecular weight excluding hydrogens is 284 g/mol. The maximum Gasteiger partial charge on any atom is 0.0146 e. The second-order valence-electron chi connectivity index (χ2n) is 6.91. The summed E-state index contributed by atoms with van der Waals surface area (Å²) in [5.41, 5.74) is 6.32. The van der Waals surface area contributed by atoms with Crippen LogP contribution < -0.4 is 0 Å². The van der Waals surface area contributed by atoms with Crippen LogP contribution in [0.25, 0.3) is 0 Å². The van der Waals surface area contributed by atoms with Gasteiger partial charge in [-0.1, -0.05) is 62.4 Å². The Morgan fingerprint density at radius 2 is 1.73 bits per heavy atom. The molecule has 3 rings (SSSR count). The zero-order chi connectivity index (χ0) is 15.7. The fourth-order valence-corrected chi connectivity index (χ4v) is 6.96. The number of benzene rings is 2. The zero-order valence-electron chi connectivity index (χ0n) is 14.3. The predicted octanol–water partition coefficient (Wildman–Crippen LogP) is 6.06. The van der Waals surface area contributed by atoms with Gasteiger partial charge in [0.2, 0.25) is 0 Å². The van der Waals surface area contributed by atoms with Gasteiger partial charge in [0.15, 0.2) is 0 Å². The third kappa shape index (κ3) is 2.60. The summed E-state index contributed by atoms with van der Waals surface area (Å²) in [7, 11) is -0.738. The van der Waals surface area contributed by atoms with Crippen molar-refractivity contribution in [3.8, 4) is 0 Å². The average molecular weight is 313 g/mol. The molecule has 0 amide bonds. The van der Waals surface area contributed by atoms with Gasteiger partial charge in [0.1, 0.15) is 0 Å². The van der Waals surface area contributed by atoms with Crippen LogP contribution in [0.15, 0.2) is 48.5 Å². The fraction of sp³-hybridized carbons (Fsp3) is 0.429. The van der Waals surface area contributed by atoms with Gasteiger partial charge in [-0.15, -0.1) is 0 Å². The minimum atomic E-state index is -0.738. The molecule has 1 aliphatic carbocycles. The summed E-state index contributed by atoms with van der Waals surface area (Å²) in [6, 6.07) is 18.2. The number of hydrogen-bond acceptors (Lipinski definition) is 0. The van der Waals surface area contributed by atoms with Crippen molar-refractivity contribution in [3.63, 3.8) is 0 Å². The highest BCUT2D eigenvalue weighted by Crippen LogP contribution is 2.67. The molecule has 0 nitrogen and oxygen atoms in total. The number of fused-ring (bicyclic) bond motifs is 1. The van der Waals surface area contributed by atoms with E-state index in [1.165, 1.54) is 18.4 Å². The molecule has 0 N–H and O–H groups in total. The van der Waals surface area contributed by atoms with Crippen LogP contribution in [0.2, 0.25) is 0 Å². The molecule has 1 heteroatoms. The lowest BCUT2D eigenvalue weighted by molar-refractivity contribution is 0.864. The molecule has 0 radical (unpaired) electrons. The van der Waals surface area contributed by atoms with Gasteiger partial charge in [0.05, 0.1) is 0 Å². The summed E-state index contributed by atoms with van der Waals surface area (Å²) in [6.07, 6.45) is 8.84. The molecule has 0 saturated carbocycles. The van der Waals surface area contributed by atoms with Crippen LogP contribution in [0.3, 0.4) is 0 Å². The Hall–Kier alpha value is -1.21. The quantitative estimate of drug-likeness (QED) is 0.643. The van der Waals surface area contributed by atoms with E-state index in [9.17, 15) is 0 Å². The van der Waals surface area contributed by atoms with Crippen molar-refractivity contribution >= 4 is 10.0 Å². The molecule has 2 aromatic carbocycles. The maximum absolute atomic E-state index is 2.55. The molecule has 2 atom stereocenters. The first-order valence-electron chi connectivity index (χ1n) is 8.42. The van der Waals surface area contributed by atoms with Gasteiger partial charge in [-0.25, -0.2) is 10.0 Å². The summed E-state index contributed by atoms with van der Waals surface area (Å²) in [5, 5.41) is 1.41. The lowest BCUT2D eigenvalue weighted by atomic mass is 10.0. The molecule has 0 bridgehead atoms. The molecule has 1 aliphatic rings. The monoisotopic (exact) mass is 312 g/mol. The van der Waals surface area contributed by atoms with Crippen LogP contribution in [0.4, 0.5) is 0 Å². The van der Waals surface area contributed by atoms with E-state index < -0.39 is 10.0 Å². The Balaban J connectivity index is 1.96. The highest BCUT2D eigenvalue weighted by molar-refractivity contribution is 8.33. The second kappa shape index (κ2) is 6.12. The summed E-state index contributed by atoms with van der Waals surface area (Å²) in [5.74, 6) is 0. The molecule has 0 aromatic heterocycles. The van der Waals surface area contributed by atoms with Crippen LogP contribution in [0.5, 0.6) is 0 Å². The van der Waals surface area contributed by atoms with E-state index in [0.717, 1.165) is 11.7 Å². The van der Waals surface area contributed by atoms with Crippen LogP contribution in [-0.2, 0) is 12.8 Å². The zero-order valence-corrected chi connectivity index (χ0v) is 15.1.